The maximum absolute atomic E-state index is 13.2. The lowest BCUT2D eigenvalue weighted by Gasteiger charge is -2.29. The number of amides is 1. The zero-order valence-corrected chi connectivity index (χ0v) is 17.0. The summed E-state index contributed by atoms with van der Waals surface area (Å²) in [6, 6.07) is 11.7. The molecule has 6 nitrogen and oxygen atoms in total. The number of carbonyl (C=O) groups is 2. The Kier molecular flexibility index (Phi) is 5.02. The Morgan fingerprint density at radius 1 is 1.17 bits per heavy atom. The van der Waals surface area contributed by atoms with Crippen molar-refractivity contribution >= 4 is 46.0 Å². The molecular weight excluding hydrogens is 415 g/mol. The molecule has 150 valence electrons. The third kappa shape index (κ3) is 3.37. The van der Waals surface area contributed by atoms with Gasteiger partial charge >= 0.3 is 5.97 Å². The van der Waals surface area contributed by atoms with Gasteiger partial charge in [0.1, 0.15) is 5.69 Å². The highest BCUT2D eigenvalue weighted by atomic mass is 35.5. The summed E-state index contributed by atoms with van der Waals surface area (Å²) < 4.78 is 7.34. The van der Waals surface area contributed by atoms with E-state index in [1.807, 2.05) is 6.07 Å². The molecule has 1 amide bonds. The van der Waals surface area contributed by atoms with E-state index in [4.69, 9.17) is 33.0 Å². The number of nitrogens with zero attached hydrogens (tertiary/aromatic N) is 1. The molecule has 2 heterocycles. The number of carboxylic acid groups (broad SMARTS) is 1. The number of aromatic carboxylic acids is 1. The lowest BCUT2D eigenvalue weighted by Crippen LogP contribution is -2.47. The van der Waals surface area contributed by atoms with Crippen molar-refractivity contribution in [3.05, 3.63) is 69.3 Å². The molecule has 4 rings (SSSR count). The van der Waals surface area contributed by atoms with Crippen molar-refractivity contribution < 1.29 is 19.4 Å². The molecule has 3 aromatic rings. The molecular formula is C21H18Cl2N2O4. The first-order valence-corrected chi connectivity index (χ1v) is 9.75. The molecule has 1 saturated heterocycles. The lowest BCUT2D eigenvalue weighted by molar-refractivity contribution is 0.0696. The molecule has 1 aromatic heterocycles. The average molecular weight is 433 g/mol. The van der Waals surface area contributed by atoms with E-state index in [1.54, 1.807) is 35.9 Å². The fourth-order valence-corrected chi connectivity index (χ4v) is 4.12. The summed E-state index contributed by atoms with van der Waals surface area (Å²) in [5.74, 6) is -1.27. The van der Waals surface area contributed by atoms with E-state index in [2.05, 4.69) is 5.32 Å². The second-order valence-electron chi connectivity index (χ2n) is 7.10. The predicted octanol–water partition coefficient (Wildman–Crippen LogP) is 4.23. The molecule has 0 aliphatic carbocycles. The zero-order valence-electron chi connectivity index (χ0n) is 15.5. The molecule has 0 radical (unpaired) electrons. The number of ether oxygens (including phenoxy) is 1. The van der Waals surface area contributed by atoms with E-state index in [1.165, 1.54) is 12.1 Å². The van der Waals surface area contributed by atoms with Gasteiger partial charge in [-0.25, -0.2) is 4.79 Å². The molecule has 8 heteroatoms. The van der Waals surface area contributed by atoms with Crippen LogP contribution < -0.4 is 5.32 Å². The largest absolute Gasteiger partial charge is 0.478 e. The van der Waals surface area contributed by atoms with Crippen molar-refractivity contribution in [2.24, 2.45) is 7.05 Å². The first kappa shape index (κ1) is 19.8. The van der Waals surface area contributed by atoms with Gasteiger partial charge in [0.15, 0.2) is 0 Å². The van der Waals surface area contributed by atoms with Gasteiger partial charge in [0.05, 0.1) is 27.8 Å². The maximum Gasteiger partial charge on any atom is 0.335 e. The molecule has 1 atom stereocenters. The fraction of sp³-hybridized carbons (Fsp3) is 0.238. The Labute approximate surface area is 177 Å². The number of fused-ring (bicyclic) bond motifs is 1. The Morgan fingerprint density at radius 3 is 2.52 bits per heavy atom. The predicted molar refractivity (Wildman–Crippen MR) is 111 cm³/mol. The Hall–Kier alpha value is -2.54. The Balaban J connectivity index is 1.70. The summed E-state index contributed by atoms with van der Waals surface area (Å²) in [4.78, 5) is 24.3. The Bertz CT molecular complexity index is 1120. The van der Waals surface area contributed by atoms with Gasteiger partial charge in [-0.05, 0) is 35.9 Å². The highest BCUT2D eigenvalue weighted by molar-refractivity contribution is 6.45. The van der Waals surface area contributed by atoms with Gasteiger partial charge in [-0.1, -0.05) is 35.3 Å². The summed E-state index contributed by atoms with van der Waals surface area (Å²) in [6.07, 6.45) is 0.585. The van der Waals surface area contributed by atoms with Crippen LogP contribution in [0.15, 0.2) is 42.5 Å². The van der Waals surface area contributed by atoms with Gasteiger partial charge in [-0.2, -0.15) is 0 Å². The average Bonchev–Trinajstić information content (AvgIpc) is 3.31. The van der Waals surface area contributed by atoms with Crippen molar-refractivity contribution in [2.45, 2.75) is 12.0 Å². The molecule has 2 aromatic carbocycles. The van der Waals surface area contributed by atoms with Crippen LogP contribution in [0, 0.1) is 0 Å². The molecule has 1 fully saturated rings. The third-order valence-electron chi connectivity index (χ3n) is 5.40. The number of halogens is 2. The number of aromatic nitrogens is 1. The van der Waals surface area contributed by atoms with Crippen molar-refractivity contribution in [1.29, 1.82) is 0 Å². The summed E-state index contributed by atoms with van der Waals surface area (Å²) in [5, 5.41) is 13.8. The second kappa shape index (κ2) is 7.37. The number of carboxylic acids is 1. The molecule has 0 saturated carbocycles. The smallest absolute Gasteiger partial charge is 0.335 e. The van der Waals surface area contributed by atoms with Gasteiger partial charge in [0.2, 0.25) is 0 Å². The van der Waals surface area contributed by atoms with Gasteiger partial charge in [0.25, 0.3) is 5.91 Å². The number of benzene rings is 2. The summed E-state index contributed by atoms with van der Waals surface area (Å²) in [5.41, 5.74) is 1.50. The summed E-state index contributed by atoms with van der Waals surface area (Å²) >= 11 is 12.4. The molecule has 2 N–H and O–H groups in total. The van der Waals surface area contributed by atoms with Crippen molar-refractivity contribution in [2.75, 3.05) is 13.2 Å². The van der Waals surface area contributed by atoms with Crippen LogP contribution in [0.1, 0.15) is 32.8 Å². The van der Waals surface area contributed by atoms with Crippen LogP contribution in [0.2, 0.25) is 10.0 Å². The lowest BCUT2D eigenvalue weighted by atomic mass is 9.88. The minimum absolute atomic E-state index is 0.189. The van der Waals surface area contributed by atoms with Crippen LogP contribution in [-0.4, -0.2) is 34.8 Å². The van der Waals surface area contributed by atoms with E-state index in [-0.39, 0.29) is 11.5 Å². The monoisotopic (exact) mass is 432 g/mol. The molecule has 0 unspecified atom stereocenters. The van der Waals surface area contributed by atoms with Gasteiger partial charge in [-0.3, -0.25) is 4.79 Å². The van der Waals surface area contributed by atoms with Crippen LogP contribution in [-0.2, 0) is 17.3 Å². The zero-order chi connectivity index (χ0) is 20.8. The molecule has 1 aliphatic rings. The Morgan fingerprint density at radius 2 is 1.90 bits per heavy atom. The number of nitrogens with one attached hydrogen (secondary N) is 1. The highest BCUT2D eigenvalue weighted by Gasteiger charge is 2.39. The minimum atomic E-state index is -0.997. The van der Waals surface area contributed by atoms with E-state index >= 15 is 0 Å². The SMILES string of the molecule is Cn1c(C(=O)N[C@@]2(c3ccc(C(=O)O)cc3)CCOC2)cc2c(Cl)c(Cl)ccc21. The third-order valence-corrected chi connectivity index (χ3v) is 6.22. The van der Waals surface area contributed by atoms with Crippen LogP contribution in [0.25, 0.3) is 10.9 Å². The van der Waals surface area contributed by atoms with Crippen LogP contribution in [0.3, 0.4) is 0 Å². The molecule has 1 aliphatic heterocycles. The summed E-state index contributed by atoms with van der Waals surface area (Å²) in [7, 11) is 1.79. The minimum Gasteiger partial charge on any atom is -0.478 e. The quantitative estimate of drug-likeness (QED) is 0.646. The fourth-order valence-electron chi connectivity index (χ4n) is 3.74. The molecule has 0 spiro atoms. The van der Waals surface area contributed by atoms with E-state index in [0.717, 1.165) is 11.1 Å². The maximum atomic E-state index is 13.2. The van der Waals surface area contributed by atoms with Crippen LogP contribution >= 0.6 is 23.2 Å². The van der Waals surface area contributed by atoms with E-state index in [0.29, 0.717) is 40.8 Å². The van der Waals surface area contributed by atoms with E-state index in [9.17, 15) is 9.59 Å². The van der Waals surface area contributed by atoms with E-state index < -0.39 is 11.5 Å². The van der Waals surface area contributed by atoms with Crippen molar-refractivity contribution in [1.82, 2.24) is 9.88 Å². The van der Waals surface area contributed by atoms with Crippen LogP contribution in [0.5, 0.6) is 0 Å². The second-order valence-corrected chi connectivity index (χ2v) is 7.89. The molecule has 0 bridgehead atoms. The van der Waals surface area contributed by atoms with Gasteiger partial charge in [0, 0.05) is 31.0 Å². The normalized spacial score (nSPS) is 18.9. The highest BCUT2D eigenvalue weighted by Crippen LogP contribution is 2.34. The first-order chi connectivity index (χ1) is 13.8. The number of aryl methyl sites for hydroxylation is 1. The number of hydrogen-bond acceptors (Lipinski definition) is 3. The first-order valence-electron chi connectivity index (χ1n) is 9.00. The van der Waals surface area contributed by atoms with Crippen molar-refractivity contribution in [3.63, 3.8) is 0 Å². The number of rotatable bonds is 4. The van der Waals surface area contributed by atoms with Crippen LogP contribution in [0.4, 0.5) is 0 Å². The van der Waals surface area contributed by atoms with Gasteiger partial charge in [-0.15, -0.1) is 0 Å². The number of carbonyl (C=O) groups excluding carboxylic acids is 1. The molecule has 29 heavy (non-hydrogen) atoms. The van der Waals surface area contributed by atoms with Gasteiger partial charge < -0.3 is 19.7 Å². The standard InChI is InChI=1S/C21H18Cl2N2O4/c1-25-16-7-6-15(22)18(23)14(16)10-17(25)19(26)24-21(8-9-29-11-21)13-4-2-12(3-5-13)20(27)28/h2-7,10H,8-9,11H2,1H3,(H,24,26)(H,27,28)/t21-/m0/s1. The number of hydrogen-bond donors (Lipinski definition) is 2. The van der Waals surface area contributed by atoms with Crippen molar-refractivity contribution in [3.8, 4) is 0 Å². The topological polar surface area (TPSA) is 80.6 Å². The summed E-state index contributed by atoms with van der Waals surface area (Å²) in [6.45, 7) is 0.805.